The lowest BCUT2D eigenvalue weighted by molar-refractivity contribution is -0.126. The first-order valence-corrected chi connectivity index (χ1v) is 8.03. The predicted molar refractivity (Wildman–Crippen MR) is 82.0 cm³/mol. The van der Waals surface area contributed by atoms with E-state index in [0.29, 0.717) is 13.2 Å². The second-order valence-corrected chi connectivity index (χ2v) is 6.15. The van der Waals surface area contributed by atoms with Crippen LogP contribution in [0.5, 0.6) is 0 Å². The maximum Gasteiger partial charge on any atom is 0.240 e. The lowest BCUT2D eigenvalue weighted by atomic mass is 10.1. The Kier molecular flexibility index (Phi) is 5.88. The summed E-state index contributed by atoms with van der Waals surface area (Å²) in [5.74, 6) is 1.07. The van der Waals surface area contributed by atoms with Crippen LogP contribution in [-0.2, 0) is 9.53 Å². The van der Waals surface area contributed by atoms with Gasteiger partial charge in [-0.2, -0.15) is 0 Å². The van der Waals surface area contributed by atoms with Crippen molar-refractivity contribution in [2.75, 3.05) is 25.5 Å². The molecule has 1 aliphatic heterocycles. The molecule has 2 rings (SSSR count). The number of nitrogens with one attached hydrogen (secondary N) is 2. The van der Waals surface area contributed by atoms with Gasteiger partial charge in [-0.05, 0) is 30.4 Å². The van der Waals surface area contributed by atoms with Gasteiger partial charge in [0.05, 0.1) is 19.3 Å². The molecule has 20 heavy (non-hydrogen) atoms. The summed E-state index contributed by atoms with van der Waals surface area (Å²) in [6.45, 7) is 6.00. The Bertz CT molecular complexity index is 430. The summed E-state index contributed by atoms with van der Waals surface area (Å²) >= 11 is 1.82. The minimum Gasteiger partial charge on any atom is -0.378 e. The lowest BCUT2D eigenvalue weighted by Gasteiger charge is -2.25. The van der Waals surface area contributed by atoms with E-state index >= 15 is 0 Å². The average Bonchev–Trinajstić information content (AvgIpc) is 2.49. The molecule has 0 saturated carbocycles. The molecule has 1 heterocycles. The van der Waals surface area contributed by atoms with Gasteiger partial charge in [0.25, 0.3) is 0 Å². The van der Waals surface area contributed by atoms with Crippen molar-refractivity contribution < 1.29 is 9.53 Å². The van der Waals surface area contributed by atoms with Crippen molar-refractivity contribution in [2.45, 2.75) is 30.8 Å². The van der Waals surface area contributed by atoms with Crippen LogP contribution in [0.3, 0.4) is 0 Å². The zero-order chi connectivity index (χ0) is 14.4. The molecule has 1 aromatic carbocycles. The number of amides is 1. The standard InChI is InChI=1S/C15H22N2O2S/c1-3-20-13-6-4-12(5-7-13)11(2)17-15(18)14-10-19-9-8-16-14/h4-7,11,14,16H,3,8-10H2,1-2H3,(H,17,18)/t11-,14-/m1/s1. The smallest absolute Gasteiger partial charge is 0.240 e. The highest BCUT2D eigenvalue weighted by Crippen LogP contribution is 2.20. The molecular formula is C15H22N2O2S. The van der Waals surface area contributed by atoms with Crippen LogP contribution in [0, 0.1) is 0 Å². The van der Waals surface area contributed by atoms with Crippen molar-refractivity contribution in [3.05, 3.63) is 29.8 Å². The van der Waals surface area contributed by atoms with E-state index in [2.05, 4.69) is 41.8 Å². The van der Waals surface area contributed by atoms with Crippen molar-refractivity contribution in [2.24, 2.45) is 0 Å². The summed E-state index contributed by atoms with van der Waals surface area (Å²) < 4.78 is 5.31. The maximum absolute atomic E-state index is 12.1. The Morgan fingerprint density at radius 3 is 2.85 bits per heavy atom. The molecule has 0 aliphatic carbocycles. The molecule has 110 valence electrons. The first kappa shape index (κ1) is 15.4. The van der Waals surface area contributed by atoms with E-state index in [1.807, 2.05) is 18.7 Å². The number of carbonyl (C=O) groups excluding carboxylic acids is 1. The minimum absolute atomic E-state index is 0.00390. The van der Waals surface area contributed by atoms with Crippen molar-refractivity contribution >= 4 is 17.7 Å². The third-order valence-electron chi connectivity index (χ3n) is 3.29. The highest BCUT2D eigenvalue weighted by molar-refractivity contribution is 7.99. The van der Waals surface area contributed by atoms with Crippen LogP contribution >= 0.6 is 11.8 Å². The van der Waals surface area contributed by atoms with Crippen molar-refractivity contribution in [3.63, 3.8) is 0 Å². The van der Waals surface area contributed by atoms with Crippen molar-refractivity contribution in [3.8, 4) is 0 Å². The first-order chi connectivity index (χ1) is 9.70. The van der Waals surface area contributed by atoms with Gasteiger partial charge in [-0.25, -0.2) is 0 Å². The Balaban J connectivity index is 1.89. The largest absolute Gasteiger partial charge is 0.378 e. The molecule has 1 saturated heterocycles. The van der Waals surface area contributed by atoms with Gasteiger partial charge >= 0.3 is 0 Å². The van der Waals surface area contributed by atoms with E-state index in [0.717, 1.165) is 17.9 Å². The number of benzene rings is 1. The van der Waals surface area contributed by atoms with E-state index in [9.17, 15) is 4.79 Å². The number of ether oxygens (including phenoxy) is 1. The van der Waals surface area contributed by atoms with E-state index in [1.165, 1.54) is 4.90 Å². The summed E-state index contributed by atoms with van der Waals surface area (Å²) in [5.41, 5.74) is 1.12. The Hall–Kier alpha value is -1.04. The molecule has 1 fully saturated rings. The quantitative estimate of drug-likeness (QED) is 0.815. The number of hydrogen-bond donors (Lipinski definition) is 2. The second-order valence-electron chi connectivity index (χ2n) is 4.81. The Morgan fingerprint density at radius 1 is 1.50 bits per heavy atom. The number of morpholine rings is 1. The summed E-state index contributed by atoms with van der Waals surface area (Å²) in [4.78, 5) is 13.4. The fourth-order valence-electron chi connectivity index (χ4n) is 2.15. The number of carbonyl (C=O) groups is 1. The number of thioether (sulfide) groups is 1. The Labute approximate surface area is 124 Å². The van der Waals surface area contributed by atoms with Crippen molar-refractivity contribution in [1.82, 2.24) is 10.6 Å². The zero-order valence-corrected chi connectivity index (χ0v) is 12.8. The summed E-state index contributed by atoms with van der Waals surface area (Å²) in [6, 6.07) is 8.14. The Morgan fingerprint density at radius 2 is 2.25 bits per heavy atom. The van der Waals surface area contributed by atoms with Gasteiger partial charge in [0, 0.05) is 11.4 Å². The highest BCUT2D eigenvalue weighted by Gasteiger charge is 2.22. The van der Waals surface area contributed by atoms with Gasteiger partial charge in [-0.1, -0.05) is 19.1 Å². The number of rotatable bonds is 5. The van der Waals surface area contributed by atoms with Gasteiger partial charge in [0.15, 0.2) is 0 Å². The SMILES string of the molecule is CCSc1ccc([C@@H](C)NC(=O)[C@H]2COCCN2)cc1. The first-order valence-electron chi connectivity index (χ1n) is 7.05. The van der Waals surface area contributed by atoms with E-state index < -0.39 is 0 Å². The van der Waals surface area contributed by atoms with Gasteiger partial charge in [-0.15, -0.1) is 11.8 Å². The molecule has 1 amide bonds. The fourth-order valence-corrected chi connectivity index (χ4v) is 2.81. The van der Waals surface area contributed by atoms with E-state index in [1.54, 1.807) is 0 Å². The molecule has 0 radical (unpaired) electrons. The average molecular weight is 294 g/mol. The van der Waals surface area contributed by atoms with Gasteiger partial charge < -0.3 is 15.4 Å². The van der Waals surface area contributed by atoms with Crippen molar-refractivity contribution in [1.29, 1.82) is 0 Å². The number of hydrogen-bond acceptors (Lipinski definition) is 4. The van der Waals surface area contributed by atoms with E-state index in [4.69, 9.17) is 4.74 Å². The van der Waals surface area contributed by atoms with Gasteiger partial charge in [-0.3, -0.25) is 4.79 Å². The van der Waals surface area contributed by atoms with Gasteiger partial charge in [0.2, 0.25) is 5.91 Å². The van der Waals surface area contributed by atoms with Crippen LogP contribution < -0.4 is 10.6 Å². The van der Waals surface area contributed by atoms with Crippen LogP contribution in [0.4, 0.5) is 0 Å². The monoisotopic (exact) mass is 294 g/mol. The molecule has 1 aliphatic rings. The molecule has 5 heteroatoms. The van der Waals surface area contributed by atoms with Crippen LogP contribution in [0.2, 0.25) is 0 Å². The molecule has 4 nitrogen and oxygen atoms in total. The molecule has 0 unspecified atom stereocenters. The minimum atomic E-state index is -0.235. The summed E-state index contributed by atoms with van der Waals surface area (Å²) in [6.07, 6.45) is 0. The fraction of sp³-hybridized carbons (Fsp3) is 0.533. The third-order valence-corrected chi connectivity index (χ3v) is 4.18. The predicted octanol–water partition coefficient (Wildman–Crippen LogP) is 1.96. The maximum atomic E-state index is 12.1. The molecule has 0 spiro atoms. The van der Waals surface area contributed by atoms with Crippen LogP contribution in [0.25, 0.3) is 0 Å². The molecule has 2 N–H and O–H groups in total. The topological polar surface area (TPSA) is 50.4 Å². The lowest BCUT2D eigenvalue weighted by Crippen LogP contribution is -2.51. The molecule has 0 bridgehead atoms. The molecule has 1 aromatic rings. The summed E-state index contributed by atoms with van der Waals surface area (Å²) in [5, 5.41) is 6.19. The van der Waals surface area contributed by atoms with Gasteiger partial charge in [0.1, 0.15) is 6.04 Å². The molecule has 0 aromatic heterocycles. The normalized spacial score (nSPS) is 20.4. The van der Waals surface area contributed by atoms with Crippen LogP contribution in [0.1, 0.15) is 25.5 Å². The van der Waals surface area contributed by atoms with E-state index in [-0.39, 0.29) is 18.0 Å². The molecular weight excluding hydrogens is 272 g/mol. The third kappa shape index (κ3) is 4.23. The highest BCUT2D eigenvalue weighted by atomic mass is 32.2. The zero-order valence-electron chi connectivity index (χ0n) is 12.0. The van der Waals surface area contributed by atoms with Crippen LogP contribution in [-0.4, -0.2) is 37.5 Å². The van der Waals surface area contributed by atoms with Crippen LogP contribution in [0.15, 0.2) is 29.2 Å². The second kappa shape index (κ2) is 7.67. The molecule has 2 atom stereocenters. The summed E-state index contributed by atoms with van der Waals surface area (Å²) in [7, 11) is 0.